The fraction of sp³-hybridized carbons (Fsp3) is 0.875. The minimum atomic E-state index is -0.0652. The summed E-state index contributed by atoms with van der Waals surface area (Å²) >= 11 is 0. The molecule has 0 bridgehead atoms. The van der Waals surface area contributed by atoms with E-state index in [0.29, 0.717) is 6.04 Å². The van der Waals surface area contributed by atoms with Crippen LogP contribution in [0.15, 0.2) is 0 Å². The normalized spacial score (nSPS) is 20.5. The van der Waals surface area contributed by atoms with Crippen LogP contribution in [0.1, 0.15) is 12.8 Å². The highest BCUT2D eigenvalue weighted by Crippen LogP contribution is 2.07. The smallest absolute Gasteiger partial charge is 0.314 e. The molecule has 0 unspecified atom stereocenters. The van der Waals surface area contributed by atoms with Gasteiger partial charge in [0.1, 0.15) is 0 Å². The van der Waals surface area contributed by atoms with E-state index in [9.17, 15) is 4.79 Å². The van der Waals surface area contributed by atoms with Crippen molar-refractivity contribution in [3.05, 3.63) is 0 Å². The SMILES string of the molecule is CNC(=O)NC1CCN(C)CC1. The number of nitrogens with one attached hydrogen (secondary N) is 2. The first kappa shape index (κ1) is 9.32. The van der Waals surface area contributed by atoms with Crippen molar-refractivity contribution >= 4 is 6.03 Å². The fourth-order valence-electron chi connectivity index (χ4n) is 1.41. The molecule has 1 aliphatic heterocycles. The largest absolute Gasteiger partial charge is 0.341 e. The number of hydrogen-bond donors (Lipinski definition) is 2. The molecule has 0 aromatic carbocycles. The fourth-order valence-corrected chi connectivity index (χ4v) is 1.41. The molecule has 0 radical (unpaired) electrons. The Hall–Kier alpha value is -0.770. The average Bonchev–Trinajstić information content (AvgIpc) is 2.09. The van der Waals surface area contributed by atoms with Gasteiger partial charge < -0.3 is 15.5 Å². The third kappa shape index (κ3) is 2.70. The van der Waals surface area contributed by atoms with E-state index in [2.05, 4.69) is 22.6 Å². The van der Waals surface area contributed by atoms with Gasteiger partial charge in [0.15, 0.2) is 0 Å². The maximum absolute atomic E-state index is 10.9. The average molecular weight is 171 g/mol. The molecule has 12 heavy (non-hydrogen) atoms. The number of nitrogens with zero attached hydrogens (tertiary/aromatic N) is 1. The predicted molar refractivity (Wildman–Crippen MR) is 48.1 cm³/mol. The Labute approximate surface area is 73.3 Å². The number of urea groups is 1. The van der Waals surface area contributed by atoms with Gasteiger partial charge in [-0.3, -0.25) is 0 Å². The summed E-state index contributed by atoms with van der Waals surface area (Å²) in [6.07, 6.45) is 2.12. The molecule has 1 fully saturated rings. The van der Waals surface area contributed by atoms with Crippen LogP contribution >= 0.6 is 0 Å². The van der Waals surface area contributed by atoms with Gasteiger partial charge in [-0.1, -0.05) is 0 Å². The monoisotopic (exact) mass is 171 g/mol. The molecule has 0 atom stereocenters. The van der Waals surface area contributed by atoms with Crippen molar-refractivity contribution in [1.82, 2.24) is 15.5 Å². The van der Waals surface area contributed by atoms with Gasteiger partial charge in [-0.05, 0) is 33.0 Å². The molecule has 1 heterocycles. The number of carbonyl (C=O) groups is 1. The maximum Gasteiger partial charge on any atom is 0.314 e. The first-order valence-corrected chi connectivity index (χ1v) is 4.39. The van der Waals surface area contributed by atoms with Crippen LogP contribution in [0.2, 0.25) is 0 Å². The van der Waals surface area contributed by atoms with Gasteiger partial charge in [0.2, 0.25) is 0 Å². The topological polar surface area (TPSA) is 44.4 Å². The third-order valence-electron chi connectivity index (χ3n) is 2.28. The highest BCUT2D eigenvalue weighted by atomic mass is 16.2. The number of carbonyl (C=O) groups excluding carboxylic acids is 1. The van der Waals surface area contributed by atoms with Gasteiger partial charge in [-0.2, -0.15) is 0 Å². The first-order valence-electron chi connectivity index (χ1n) is 4.39. The number of amides is 2. The van der Waals surface area contributed by atoms with E-state index in [-0.39, 0.29) is 6.03 Å². The highest BCUT2D eigenvalue weighted by Gasteiger charge is 2.17. The summed E-state index contributed by atoms with van der Waals surface area (Å²) in [5.41, 5.74) is 0. The lowest BCUT2D eigenvalue weighted by molar-refractivity contribution is 0.215. The molecule has 70 valence electrons. The Morgan fingerprint density at radius 2 is 2.00 bits per heavy atom. The zero-order valence-corrected chi connectivity index (χ0v) is 7.76. The zero-order valence-electron chi connectivity index (χ0n) is 7.76. The molecule has 2 N–H and O–H groups in total. The highest BCUT2D eigenvalue weighted by molar-refractivity contribution is 5.73. The van der Waals surface area contributed by atoms with Gasteiger partial charge in [-0.15, -0.1) is 0 Å². The minimum absolute atomic E-state index is 0.0652. The Balaban J connectivity index is 2.21. The van der Waals surface area contributed by atoms with Crippen LogP contribution in [0.3, 0.4) is 0 Å². The molecule has 0 spiro atoms. The molecule has 4 heteroatoms. The molecular weight excluding hydrogens is 154 g/mol. The molecule has 2 amide bonds. The summed E-state index contributed by atoms with van der Waals surface area (Å²) in [5, 5.41) is 5.47. The second-order valence-corrected chi connectivity index (χ2v) is 3.30. The van der Waals surface area contributed by atoms with Gasteiger partial charge >= 0.3 is 6.03 Å². The predicted octanol–water partition coefficient (Wildman–Crippen LogP) is 0.00960. The minimum Gasteiger partial charge on any atom is -0.341 e. The zero-order chi connectivity index (χ0) is 8.97. The molecule has 1 rings (SSSR count). The molecule has 4 nitrogen and oxygen atoms in total. The van der Waals surface area contributed by atoms with Gasteiger partial charge in [0.25, 0.3) is 0 Å². The lowest BCUT2D eigenvalue weighted by Crippen LogP contribution is -2.46. The van der Waals surface area contributed by atoms with E-state index < -0.39 is 0 Å². The summed E-state index contributed by atoms with van der Waals surface area (Å²) in [6.45, 7) is 2.16. The third-order valence-corrected chi connectivity index (χ3v) is 2.28. The Morgan fingerprint density at radius 1 is 1.42 bits per heavy atom. The molecule has 0 saturated carbocycles. The lowest BCUT2D eigenvalue weighted by atomic mass is 10.1. The number of piperidine rings is 1. The van der Waals surface area contributed by atoms with Gasteiger partial charge in [0.05, 0.1) is 0 Å². The molecule has 0 aromatic heterocycles. The van der Waals surface area contributed by atoms with Crippen molar-refractivity contribution in [1.29, 1.82) is 0 Å². The van der Waals surface area contributed by atoms with Crippen molar-refractivity contribution < 1.29 is 4.79 Å². The standard InChI is InChI=1S/C8H17N3O/c1-9-8(12)10-7-3-5-11(2)6-4-7/h7H,3-6H2,1-2H3,(H2,9,10,12). The van der Waals surface area contributed by atoms with Gasteiger partial charge in [0, 0.05) is 13.1 Å². The van der Waals surface area contributed by atoms with Crippen LogP contribution in [-0.2, 0) is 0 Å². The number of likely N-dealkylation sites (tertiary alicyclic amines) is 1. The van der Waals surface area contributed by atoms with E-state index in [1.54, 1.807) is 7.05 Å². The number of hydrogen-bond acceptors (Lipinski definition) is 2. The summed E-state index contributed by atoms with van der Waals surface area (Å²) < 4.78 is 0. The van der Waals surface area contributed by atoms with Crippen molar-refractivity contribution in [3.8, 4) is 0 Å². The summed E-state index contributed by atoms with van der Waals surface area (Å²) in [6, 6.07) is 0.297. The quantitative estimate of drug-likeness (QED) is 0.583. The van der Waals surface area contributed by atoms with Crippen molar-refractivity contribution in [2.24, 2.45) is 0 Å². The lowest BCUT2D eigenvalue weighted by Gasteiger charge is -2.29. The van der Waals surface area contributed by atoms with E-state index in [0.717, 1.165) is 25.9 Å². The van der Waals surface area contributed by atoms with Crippen LogP contribution in [0, 0.1) is 0 Å². The van der Waals surface area contributed by atoms with Crippen LogP contribution < -0.4 is 10.6 Å². The first-order chi connectivity index (χ1) is 5.72. The van der Waals surface area contributed by atoms with Gasteiger partial charge in [-0.25, -0.2) is 4.79 Å². The number of rotatable bonds is 1. The van der Waals surface area contributed by atoms with Crippen molar-refractivity contribution in [2.45, 2.75) is 18.9 Å². The molecule has 1 aliphatic rings. The second-order valence-electron chi connectivity index (χ2n) is 3.30. The van der Waals surface area contributed by atoms with E-state index in [1.165, 1.54) is 0 Å². The van der Waals surface area contributed by atoms with Crippen LogP contribution in [0.5, 0.6) is 0 Å². The molecule has 0 aliphatic carbocycles. The molecular formula is C8H17N3O. The van der Waals surface area contributed by atoms with Crippen molar-refractivity contribution in [2.75, 3.05) is 27.2 Å². The molecule has 0 aromatic rings. The Kier molecular flexibility index (Phi) is 3.34. The van der Waals surface area contributed by atoms with Crippen LogP contribution in [0.4, 0.5) is 4.79 Å². The second kappa shape index (κ2) is 4.30. The molecule has 1 saturated heterocycles. The summed E-state index contributed by atoms with van der Waals surface area (Å²) in [4.78, 5) is 13.2. The van der Waals surface area contributed by atoms with E-state index in [4.69, 9.17) is 0 Å². The van der Waals surface area contributed by atoms with E-state index >= 15 is 0 Å². The maximum atomic E-state index is 10.9. The summed E-state index contributed by atoms with van der Waals surface area (Å²) in [7, 11) is 3.75. The van der Waals surface area contributed by atoms with Crippen LogP contribution in [0.25, 0.3) is 0 Å². The summed E-state index contributed by atoms with van der Waals surface area (Å²) in [5.74, 6) is 0. The Morgan fingerprint density at radius 3 is 2.50 bits per heavy atom. The Bertz CT molecular complexity index is 152. The van der Waals surface area contributed by atoms with E-state index in [1.807, 2.05) is 0 Å². The van der Waals surface area contributed by atoms with Crippen LogP contribution in [-0.4, -0.2) is 44.2 Å². The van der Waals surface area contributed by atoms with Crippen molar-refractivity contribution in [3.63, 3.8) is 0 Å².